The second-order valence-corrected chi connectivity index (χ2v) is 6.60. The minimum absolute atomic E-state index is 0.0135. The first-order chi connectivity index (χ1) is 13.0. The molecule has 0 fully saturated rings. The molecule has 1 aromatic carbocycles. The van der Waals surface area contributed by atoms with Gasteiger partial charge in [0.1, 0.15) is 18.2 Å². The molecule has 1 aliphatic heterocycles. The van der Waals surface area contributed by atoms with Crippen LogP contribution < -0.4 is 10.6 Å². The zero-order valence-corrected chi connectivity index (χ0v) is 15.0. The van der Waals surface area contributed by atoms with E-state index >= 15 is 0 Å². The van der Waals surface area contributed by atoms with E-state index in [1.807, 2.05) is 4.90 Å². The van der Waals surface area contributed by atoms with Crippen molar-refractivity contribution in [1.29, 1.82) is 0 Å². The lowest BCUT2D eigenvalue weighted by atomic mass is 10.1. The third-order valence-electron chi connectivity index (χ3n) is 4.08. The Bertz CT molecular complexity index is 936. The van der Waals surface area contributed by atoms with Crippen molar-refractivity contribution in [2.45, 2.75) is 25.8 Å². The van der Waals surface area contributed by atoms with Crippen molar-refractivity contribution in [1.82, 2.24) is 19.8 Å². The largest absolute Gasteiger partial charge is 0.416 e. The van der Waals surface area contributed by atoms with Gasteiger partial charge in [-0.25, -0.2) is 9.37 Å². The van der Waals surface area contributed by atoms with Crippen LogP contribution in [0.25, 0.3) is 0 Å². The summed E-state index contributed by atoms with van der Waals surface area (Å²) in [4.78, 5) is 30.2. The van der Waals surface area contributed by atoms with Gasteiger partial charge in [-0.1, -0.05) is 0 Å². The van der Waals surface area contributed by atoms with Crippen LogP contribution in [-0.2, 0) is 30.6 Å². The first-order valence-electron chi connectivity index (χ1n) is 8.23. The van der Waals surface area contributed by atoms with Crippen molar-refractivity contribution >= 4 is 17.6 Å². The van der Waals surface area contributed by atoms with Crippen LogP contribution in [0.1, 0.15) is 27.4 Å². The van der Waals surface area contributed by atoms with Gasteiger partial charge in [0, 0.05) is 5.56 Å². The molecule has 3 rings (SSSR count). The molecule has 2 heterocycles. The molecule has 28 heavy (non-hydrogen) atoms. The normalized spacial score (nSPS) is 14.0. The standard InChI is InChI=1S/C17H17F4N5O2/c1-25(2)7-13-23-15(12-6-22-14(27)8-26(12)13)24-16(28)9-3-10(17(19,20)21)5-11(18)4-9/h3-5H,6-8H2,1-2H3,(H,22,27)(H,24,28). The Balaban J connectivity index is 1.93. The molecule has 0 saturated carbocycles. The molecule has 1 aromatic heterocycles. The predicted octanol–water partition coefficient (Wildman–Crippen LogP) is 1.98. The van der Waals surface area contributed by atoms with E-state index in [1.165, 1.54) is 0 Å². The van der Waals surface area contributed by atoms with Gasteiger partial charge in [-0.15, -0.1) is 0 Å². The Hall–Kier alpha value is -2.95. The second kappa shape index (κ2) is 7.23. The average molecular weight is 399 g/mol. The zero-order chi connectivity index (χ0) is 20.6. The molecule has 0 atom stereocenters. The highest BCUT2D eigenvalue weighted by atomic mass is 19.4. The first kappa shape index (κ1) is 19.8. The van der Waals surface area contributed by atoms with Gasteiger partial charge in [0.25, 0.3) is 5.91 Å². The summed E-state index contributed by atoms with van der Waals surface area (Å²) >= 11 is 0. The molecule has 150 valence electrons. The maximum Gasteiger partial charge on any atom is 0.416 e. The number of carbonyl (C=O) groups excluding carboxylic acids is 2. The van der Waals surface area contributed by atoms with Gasteiger partial charge < -0.3 is 20.1 Å². The summed E-state index contributed by atoms with van der Waals surface area (Å²) in [6.07, 6.45) is -4.78. The number of halogens is 4. The molecule has 2 N–H and O–H groups in total. The van der Waals surface area contributed by atoms with Gasteiger partial charge in [-0.3, -0.25) is 9.59 Å². The molecule has 7 nitrogen and oxygen atoms in total. The Morgan fingerprint density at radius 3 is 2.68 bits per heavy atom. The topological polar surface area (TPSA) is 79.3 Å². The number of nitrogens with zero attached hydrogens (tertiary/aromatic N) is 3. The van der Waals surface area contributed by atoms with E-state index in [9.17, 15) is 27.2 Å². The van der Waals surface area contributed by atoms with Crippen LogP contribution in [0.2, 0.25) is 0 Å². The van der Waals surface area contributed by atoms with Gasteiger partial charge in [0.15, 0.2) is 5.82 Å². The summed E-state index contributed by atoms with van der Waals surface area (Å²) in [6.45, 7) is 0.500. The van der Waals surface area contributed by atoms with Crippen LogP contribution in [-0.4, -0.2) is 40.4 Å². The lowest BCUT2D eigenvalue weighted by Gasteiger charge is -2.19. The highest BCUT2D eigenvalue weighted by Crippen LogP contribution is 2.31. The van der Waals surface area contributed by atoms with Crippen molar-refractivity contribution in [2.75, 3.05) is 19.4 Å². The minimum atomic E-state index is -4.78. The lowest BCUT2D eigenvalue weighted by molar-refractivity contribution is -0.137. The fraction of sp³-hybridized carbons (Fsp3) is 0.353. The summed E-state index contributed by atoms with van der Waals surface area (Å²) in [6, 6.07) is 1.61. The molecule has 2 amide bonds. The number of hydrogen-bond acceptors (Lipinski definition) is 4. The molecule has 0 saturated heterocycles. The number of anilines is 1. The molecule has 1 aliphatic rings. The van der Waals surface area contributed by atoms with Crippen LogP contribution >= 0.6 is 0 Å². The first-order valence-corrected chi connectivity index (χ1v) is 8.23. The van der Waals surface area contributed by atoms with Gasteiger partial charge in [-0.05, 0) is 32.3 Å². The van der Waals surface area contributed by atoms with E-state index < -0.39 is 29.0 Å². The quantitative estimate of drug-likeness (QED) is 0.771. The molecule has 0 radical (unpaired) electrons. The van der Waals surface area contributed by atoms with Crippen LogP contribution in [0.4, 0.5) is 23.4 Å². The van der Waals surface area contributed by atoms with Crippen molar-refractivity contribution in [2.24, 2.45) is 0 Å². The molecule has 2 aromatic rings. The highest BCUT2D eigenvalue weighted by Gasteiger charge is 2.32. The fourth-order valence-corrected chi connectivity index (χ4v) is 2.85. The van der Waals surface area contributed by atoms with E-state index in [-0.39, 0.29) is 24.8 Å². The second-order valence-electron chi connectivity index (χ2n) is 6.60. The monoisotopic (exact) mass is 399 g/mol. The lowest BCUT2D eigenvalue weighted by Crippen LogP contribution is -2.35. The van der Waals surface area contributed by atoms with Crippen molar-refractivity contribution < 1.29 is 27.2 Å². The van der Waals surface area contributed by atoms with Crippen LogP contribution in [0, 0.1) is 5.82 Å². The van der Waals surface area contributed by atoms with Gasteiger partial charge in [0.05, 0.1) is 24.3 Å². The molecule has 0 aliphatic carbocycles. The maximum absolute atomic E-state index is 13.6. The van der Waals surface area contributed by atoms with Crippen LogP contribution in [0.3, 0.4) is 0 Å². The Kier molecular flexibility index (Phi) is 5.11. The van der Waals surface area contributed by atoms with Crippen molar-refractivity contribution in [3.63, 3.8) is 0 Å². The molecular formula is C17H17F4N5O2. The molecule has 11 heteroatoms. The van der Waals surface area contributed by atoms with Crippen LogP contribution in [0.5, 0.6) is 0 Å². The highest BCUT2D eigenvalue weighted by molar-refractivity contribution is 6.04. The number of nitrogens with one attached hydrogen (secondary N) is 2. The summed E-state index contributed by atoms with van der Waals surface area (Å²) in [5, 5.41) is 5.05. The molecule has 0 spiro atoms. The van der Waals surface area contributed by atoms with Crippen molar-refractivity contribution in [3.05, 3.63) is 46.7 Å². The van der Waals surface area contributed by atoms with Crippen molar-refractivity contribution in [3.8, 4) is 0 Å². The SMILES string of the molecule is CN(C)Cc1nc(NC(=O)c2cc(F)cc(C(F)(F)F)c2)c2n1CC(=O)NC2. The summed E-state index contributed by atoms with van der Waals surface area (Å²) < 4.78 is 53.8. The number of benzene rings is 1. The van der Waals surface area contributed by atoms with Crippen LogP contribution in [0.15, 0.2) is 18.2 Å². The number of aromatic nitrogens is 2. The summed E-state index contributed by atoms with van der Waals surface area (Å²) in [5.41, 5.74) is -1.23. The smallest absolute Gasteiger partial charge is 0.349 e. The summed E-state index contributed by atoms with van der Waals surface area (Å²) in [7, 11) is 3.60. The Morgan fingerprint density at radius 2 is 2.04 bits per heavy atom. The van der Waals surface area contributed by atoms with E-state index in [0.29, 0.717) is 30.2 Å². The third kappa shape index (κ3) is 4.14. The number of hydrogen-bond donors (Lipinski definition) is 2. The van der Waals surface area contributed by atoms with E-state index in [4.69, 9.17) is 0 Å². The Labute approximate surface area is 157 Å². The molecule has 0 unspecified atom stereocenters. The van der Waals surface area contributed by atoms with E-state index in [1.54, 1.807) is 18.7 Å². The van der Waals surface area contributed by atoms with E-state index in [0.717, 1.165) is 6.07 Å². The number of amides is 2. The number of carbonyl (C=O) groups is 2. The zero-order valence-electron chi connectivity index (χ0n) is 15.0. The minimum Gasteiger partial charge on any atom is -0.349 e. The predicted molar refractivity (Wildman–Crippen MR) is 90.8 cm³/mol. The van der Waals surface area contributed by atoms with Gasteiger partial charge >= 0.3 is 6.18 Å². The third-order valence-corrected chi connectivity index (χ3v) is 4.08. The van der Waals surface area contributed by atoms with E-state index in [2.05, 4.69) is 15.6 Å². The summed E-state index contributed by atoms with van der Waals surface area (Å²) in [5.74, 6) is -1.70. The molecule has 0 bridgehead atoms. The number of imidazole rings is 1. The number of alkyl halides is 3. The number of rotatable bonds is 4. The Morgan fingerprint density at radius 1 is 1.32 bits per heavy atom. The fourth-order valence-electron chi connectivity index (χ4n) is 2.85. The van der Waals surface area contributed by atoms with Gasteiger partial charge in [0.2, 0.25) is 5.91 Å². The van der Waals surface area contributed by atoms with Gasteiger partial charge in [-0.2, -0.15) is 13.2 Å². The number of fused-ring (bicyclic) bond motifs is 1. The molecular weight excluding hydrogens is 382 g/mol. The average Bonchev–Trinajstić information content (AvgIpc) is 2.89. The maximum atomic E-state index is 13.6.